The van der Waals surface area contributed by atoms with Crippen molar-refractivity contribution >= 4 is 154 Å². The van der Waals surface area contributed by atoms with Crippen molar-refractivity contribution in [2.24, 2.45) is 58.1 Å². The van der Waals surface area contributed by atoms with Gasteiger partial charge < -0.3 is 150 Å². The third-order valence-corrected chi connectivity index (χ3v) is 20.1. The van der Waals surface area contributed by atoms with Crippen molar-refractivity contribution in [1.29, 1.82) is 5.41 Å². The molecular weight excluding hydrogens is 1740 g/mol. The fourth-order valence-electron chi connectivity index (χ4n) is 11.9. The largest absolute Gasteiger partial charge is 0.481 e. The Kier molecular flexibility index (Phi) is 55.9. The van der Waals surface area contributed by atoms with E-state index in [2.05, 4.69) is 90.4 Å². The molecule has 0 unspecified atom stereocenters. The minimum Gasteiger partial charge on any atom is -0.481 e. The molecule has 0 aromatic heterocycles. The molecule has 53 heteroatoms. The van der Waals surface area contributed by atoms with Crippen molar-refractivity contribution in [3.63, 3.8) is 0 Å². The Balaban J connectivity index is 6.86. The third kappa shape index (κ3) is 49.7. The molecule has 20 amide bonds. The lowest BCUT2D eigenvalue weighted by molar-refractivity contribution is -0.140. The quantitative estimate of drug-likeness (QED) is 0.0153. The van der Waals surface area contributed by atoms with E-state index in [4.69, 9.17) is 39.8 Å². The molecule has 16 atom stereocenters. The van der Waals surface area contributed by atoms with Crippen LogP contribution in [-0.2, 0) is 110 Å². The van der Waals surface area contributed by atoms with Gasteiger partial charge in [-0.15, -0.1) is 11.8 Å². The molecule has 734 valence electrons. The smallest absolute Gasteiger partial charge is 0.303 e. The van der Waals surface area contributed by atoms with E-state index in [1.807, 2.05) is 0 Å². The lowest BCUT2D eigenvalue weighted by atomic mass is 9.96. The highest BCUT2D eigenvalue weighted by atomic mass is 32.2. The molecule has 130 heavy (non-hydrogen) atoms. The zero-order valence-electron chi connectivity index (χ0n) is 74.4. The monoisotopic (exact) mass is 1870 g/mol. The van der Waals surface area contributed by atoms with Gasteiger partial charge in [-0.05, 0) is 102 Å². The number of carboxylic acids is 2. The van der Waals surface area contributed by atoms with Crippen molar-refractivity contribution in [3.8, 4) is 0 Å². The summed E-state index contributed by atoms with van der Waals surface area (Å²) >= 11 is 0.962. The molecule has 0 radical (unpaired) electrons. The number of rotatable bonds is 67. The minimum atomic E-state index is -2.04. The van der Waals surface area contributed by atoms with Crippen molar-refractivity contribution in [2.75, 3.05) is 50.9 Å². The van der Waals surface area contributed by atoms with Crippen molar-refractivity contribution in [1.82, 2.24) is 90.4 Å². The van der Waals surface area contributed by atoms with Gasteiger partial charge >= 0.3 is 11.9 Å². The van der Waals surface area contributed by atoms with E-state index in [-0.39, 0.29) is 74.3 Å². The highest BCUT2D eigenvalue weighted by molar-refractivity contribution is 8.00. The summed E-state index contributed by atoms with van der Waals surface area (Å²) in [6.45, 7) is 10.2. The summed E-state index contributed by atoms with van der Waals surface area (Å²) in [5.74, 6) is -27.1. The molecule has 0 rings (SSSR count). The van der Waals surface area contributed by atoms with E-state index in [9.17, 15) is 136 Å². The molecule has 0 aliphatic heterocycles. The molecule has 0 heterocycles. The Morgan fingerprint density at radius 2 is 0.638 bits per heavy atom. The van der Waals surface area contributed by atoms with Crippen LogP contribution in [0.2, 0.25) is 0 Å². The summed E-state index contributed by atoms with van der Waals surface area (Å²) in [6.07, 6.45) is -8.01. The van der Waals surface area contributed by atoms with Crippen molar-refractivity contribution < 1.29 is 136 Å². The van der Waals surface area contributed by atoms with E-state index in [0.717, 1.165) is 18.7 Å². The normalized spacial score (nSPS) is 14.7. The van der Waals surface area contributed by atoms with Crippen LogP contribution >= 0.6 is 11.8 Å². The van der Waals surface area contributed by atoms with Crippen LogP contribution in [0.4, 0.5) is 0 Å². The zero-order valence-corrected chi connectivity index (χ0v) is 75.3. The molecule has 52 nitrogen and oxygen atoms in total. The lowest BCUT2D eigenvalue weighted by Crippen LogP contribution is -2.62. The molecule has 0 aliphatic rings. The van der Waals surface area contributed by atoms with E-state index < -0.39 is 335 Å². The summed E-state index contributed by atoms with van der Waals surface area (Å²) in [7, 11) is 0. The molecule has 0 saturated heterocycles. The first kappa shape index (κ1) is 117. The van der Waals surface area contributed by atoms with Gasteiger partial charge in [0.2, 0.25) is 118 Å². The van der Waals surface area contributed by atoms with E-state index >= 15 is 0 Å². The Bertz CT molecular complexity index is 3930. The van der Waals surface area contributed by atoms with Gasteiger partial charge in [0.05, 0.1) is 56.8 Å². The first-order valence-corrected chi connectivity index (χ1v) is 43.0. The number of carboxylic acid groups (broad SMARTS) is 2. The third-order valence-electron chi connectivity index (χ3n) is 19.0. The number of primary amides is 4. The molecule has 0 aliphatic carbocycles. The number of guanidine groups is 1. The summed E-state index contributed by atoms with van der Waals surface area (Å²) < 4.78 is 0. The standard InChI is InChI=1S/C77H132N24O28S/c1-11-38(8)62(100-73(126)49(26-36(4)5)91-59(112)30-87-65(118)43(14-19-53(79)106)93-72(125)50(27-37(6)7)97-68(121)44(15-20-54(80)107)89-57(110)28-86-64(117)41(78)33-130-34-56(82)109)75(128)94-46(16-21-55(81)108)70(123)92-42(13-12-24-85-77(83)84)67(120)98-51(31-102)66(119)88-29-58(111)90-45(17-22-60(113)114)69(122)99-52(32-103)74(127)101-63(40(10)105)76(129)95-47(18-23-61(115)116)71(124)96-48(39(9)104)25-35(2)3/h35-38,40-52,62-63,102-103,105H,11-34,78H2,1-10H3,(H2,79,106)(H2,80,107)(H2,81,108)(H2,82,109)(H,86,117)(H,87,118)(H,88,119)(H,89,110)(H,90,111)(H,91,112)(H,92,123)(H,93,125)(H,94,128)(H,95,129)(H,96,124)(H,97,121)(H,98,120)(H,99,122)(H,100,126)(H,101,127)(H,113,114)(H,115,116)(H4,83,84,85)/t38-,40+,41-,42-,43-,44-,45-,46-,47-,48-,49-,50-,51-,52-,62-,63-/m0/s1. The predicted molar refractivity (Wildman–Crippen MR) is 461 cm³/mol. The maximum atomic E-state index is 14.5. The van der Waals surface area contributed by atoms with Crippen LogP contribution in [0, 0.1) is 29.1 Å². The van der Waals surface area contributed by atoms with Crippen molar-refractivity contribution in [2.45, 2.75) is 263 Å². The van der Waals surface area contributed by atoms with Crippen LogP contribution in [-0.4, -0.2) is 309 Å². The van der Waals surface area contributed by atoms with E-state index in [1.165, 1.54) is 13.8 Å². The number of aliphatic carboxylic acids is 2. The van der Waals surface area contributed by atoms with Crippen LogP contribution in [0.25, 0.3) is 0 Å². The number of amides is 20. The molecule has 0 bridgehead atoms. The zero-order chi connectivity index (χ0) is 99.5. The number of hydrogen-bond donors (Lipinski definition) is 29. The Hall–Kier alpha value is -12.5. The fraction of sp³-hybridized carbons (Fsp3) is 0.688. The van der Waals surface area contributed by atoms with Gasteiger partial charge in [-0.25, -0.2) is 0 Å². The SMILES string of the molecule is CC[C@H](C)[C@H](NC(=O)[C@H](CC(C)C)NC(=O)CNC(=O)[C@H](CCC(N)=O)NC(=O)[C@H](CC(C)C)NC(=O)[C@H](CCC(N)=O)NC(=O)CNC(=O)[C@@H](N)CSCC(N)=O)C(=O)N[C@@H](CCC(N)=O)C(=O)N[C@@H](CCCNC(=N)N)C(=O)N[C@@H](CO)C(=O)NCC(=O)N[C@@H](CCC(=O)O)C(=O)N[C@@H](CO)C(=O)N[C@H](C(=O)N[C@@H](CCC(=O)O)C(=O)N[C@@H](CC(C)C)C(C)=O)[C@@H](C)O. The van der Waals surface area contributed by atoms with Crippen LogP contribution in [0.3, 0.4) is 0 Å². The average Bonchev–Trinajstić information content (AvgIpc) is 0.847. The fourth-order valence-corrected chi connectivity index (χ4v) is 12.6. The highest BCUT2D eigenvalue weighted by Crippen LogP contribution is 2.16. The Morgan fingerprint density at radius 3 is 1.01 bits per heavy atom. The molecule has 35 N–H and O–H groups in total. The van der Waals surface area contributed by atoms with Crippen LogP contribution in [0.1, 0.15) is 172 Å². The minimum absolute atomic E-state index is 0.0460. The summed E-state index contributed by atoms with van der Waals surface area (Å²) in [5.41, 5.74) is 32.6. The van der Waals surface area contributed by atoms with Crippen LogP contribution < -0.4 is 125 Å². The number of aliphatic hydroxyl groups is 3. The number of aliphatic hydroxyl groups excluding tert-OH is 3. The van der Waals surface area contributed by atoms with Gasteiger partial charge in [0.1, 0.15) is 72.5 Å². The van der Waals surface area contributed by atoms with Gasteiger partial charge in [0, 0.05) is 44.4 Å². The lowest BCUT2D eigenvalue weighted by Gasteiger charge is -2.29. The van der Waals surface area contributed by atoms with E-state index in [1.54, 1.807) is 48.5 Å². The molecule has 0 spiro atoms. The number of hydrogen-bond acceptors (Lipinski definition) is 29. The molecule has 0 aromatic rings. The number of nitrogens with two attached hydrogens (primary N) is 6. The summed E-state index contributed by atoms with van der Waals surface area (Å²) in [4.78, 5) is 303. The van der Waals surface area contributed by atoms with Crippen molar-refractivity contribution in [3.05, 3.63) is 0 Å². The van der Waals surface area contributed by atoms with Gasteiger partial charge in [0.15, 0.2) is 11.7 Å². The summed E-state index contributed by atoms with van der Waals surface area (Å²) in [5, 5.41) is 97.2. The molecule has 0 saturated carbocycles. The number of carbonyl (C=O) groups is 23. The maximum Gasteiger partial charge on any atom is 0.303 e. The second kappa shape index (κ2) is 61.8. The maximum absolute atomic E-state index is 14.5. The van der Waals surface area contributed by atoms with Gasteiger partial charge in [0.25, 0.3) is 0 Å². The van der Waals surface area contributed by atoms with Gasteiger partial charge in [-0.1, -0.05) is 61.8 Å². The Labute approximate surface area is 753 Å². The first-order chi connectivity index (χ1) is 60.7. The first-order valence-electron chi connectivity index (χ1n) is 41.8. The highest BCUT2D eigenvalue weighted by Gasteiger charge is 2.39. The number of thioether (sulfide) groups is 1. The number of nitrogens with one attached hydrogen (secondary N) is 18. The number of Topliss-reactive ketones (excluding diaryl/α,β-unsaturated/α-hetero) is 1. The second-order valence-electron chi connectivity index (χ2n) is 31.9. The molecule has 0 fully saturated rings. The predicted octanol–water partition coefficient (Wildman–Crippen LogP) is -11.9. The number of ketones is 1. The van der Waals surface area contributed by atoms with Crippen LogP contribution in [0.15, 0.2) is 0 Å². The molecular formula is C77H132N24O28S. The Morgan fingerprint density at radius 1 is 0.346 bits per heavy atom. The molecule has 0 aromatic carbocycles. The van der Waals surface area contributed by atoms with E-state index in [0.29, 0.717) is 0 Å². The topological polar surface area (TPSA) is 878 Å². The second-order valence-corrected chi connectivity index (χ2v) is 32.9. The van der Waals surface area contributed by atoms with Gasteiger partial charge in [-0.3, -0.25) is 116 Å². The average molecular weight is 1870 g/mol. The van der Waals surface area contributed by atoms with Gasteiger partial charge in [-0.2, -0.15) is 0 Å². The number of carbonyl (C=O) groups excluding carboxylic acids is 21. The van der Waals surface area contributed by atoms with Crippen LogP contribution in [0.5, 0.6) is 0 Å². The summed E-state index contributed by atoms with van der Waals surface area (Å²) in [6, 6.07) is -23.1.